The van der Waals surface area contributed by atoms with E-state index < -0.39 is 5.97 Å². The molecule has 0 saturated carbocycles. The van der Waals surface area contributed by atoms with Crippen molar-refractivity contribution in [2.75, 3.05) is 44.7 Å². The third kappa shape index (κ3) is 9.39. The molecule has 3 rings (SSSR count). The van der Waals surface area contributed by atoms with Crippen LogP contribution in [0.2, 0.25) is 0 Å². The first-order valence-corrected chi connectivity index (χ1v) is 13.8. The van der Waals surface area contributed by atoms with Gasteiger partial charge in [0.15, 0.2) is 0 Å². The van der Waals surface area contributed by atoms with Crippen LogP contribution >= 0.6 is 0 Å². The average molecular weight is 510 g/mol. The second-order valence-electron chi connectivity index (χ2n) is 9.88. The quantitative estimate of drug-likeness (QED) is 0.290. The minimum absolute atomic E-state index is 0.0839. The Bertz CT molecular complexity index is 1000. The summed E-state index contributed by atoms with van der Waals surface area (Å²) in [5.41, 5.74) is 3.64. The van der Waals surface area contributed by atoms with E-state index in [2.05, 4.69) is 17.1 Å². The van der Waals surface area contributed by atoms with Gasteiger partial charge in [-0.15, -0.1) is 0 Å². The van der Waals surface area contributed by atoms with E-state index >= 15 is 0 Å². The number of aryl methyl sites for hydroxylation is 1. The molecule has 0 aliphatic carbocycles. The maximum absolute atomic E-state index is 12.7. The van der Waals surface area contributed by atoms with Crippen LogP contribution in [0.15, 0.2) is 42.5 Å². The SMILES string of the molecule is CCCCCCCNC(=O)N(C)c1cccc(-c2ccc(CCC(=O)O)cc2OCCN2CCCC2)c1. The molecule has 0 aromatic heterocycles. The molecule has 0 bridgehead atoms. The first kappa shape index (κ1) is 28.5. The lowest BCUT2D eigenvalue weighted by molar-refractivity contribution is -0.136. The van der Waals surface area contributed by atoms with Crippen molar-refractivity contribution in [2.24, 2.45) is 0 Å². The first-order chi connectivity index (χ1) is 18.0. The molecule has 2 N–H and O–H groups in total. The maximum Gasteiger partial charge on any atom is 0.321 e. The topological polar surface area (TPSA) is 82.1 Å². The van der Waals surface area contributed by atoms with Crippen LogP contribution in [0.1, 0.15) is 63.9 Å². The molecule has 1 aliphatic heterocycles. The van der Waals surface area contributed by atoms with E-state index in [1.165, 1.54) is 32.1 Å². The molecule has 2 amide bonds. The number of aliphatic carboxylic acids is 1. The van der Waals surface area contributed by atoms with Crippen molar-refractivity contribution in [3.05, 3.63) is 48.0 Å². The smallest absolute Gasteiger partial charge is 0.321 e. The van der Waals surface area contributed by atoms with E-state index in [9.17, 15) is 9.59 Å². The minimum atomic E-state index is -0.810. The Balaban J connectivity index is 1.70. The summed E-state index contributed by atoms with van der Waals surface area (Å²) in [6.07, 6.45) is 8.81. The van der Waals surface area contributed by atoms with Crippen molar-refractivity contribution in [3.8, 4) is 16.9 Å². The number of amides is 2. The first-order valence-electron chi connectivity index (χ1n) is 13.8. The normalized spacial score (nSPS) is 13.5. The van der Waals surface area contributed by atoms with Gasteiger partial charge in [-0.3, -0.25) is 14.6 Å². The van der Waals surface area contributed by atoms with Gasteiger partial charge in [-0.1, -0.05) is 56.9 Å². The number of carbonyl (C=O) groups excluding carboxylic acids is 1. The summed E-state index contributed by atoms with van der Waals surface area (Å²) in [6, 6.07) is 13.7. The number of likely N-dealkylation sites (tertiary alicyclic amines) is 1. The van der Waals surface area contributed by atoms with Gasteiger partial charge >= 0.3 is 12.0 Å². The molecule has 1 aliphatic rings. The average Bonchev–Trinajstić information content (AvgIpc) is 3.42. The maximum atomic E-state index is 12.7. The monoisotopic (exact) mass is 509 g/mol. The Kier molecular flexibility index (Phi) is 11.8. The lowest BCUT2D eigenvalue weighted by Crippen LogP contribution is -2.37. The van der Waals surface area contributed by atoms with E-state index in [1.54, 1.807) is 11.9 Å². The Morgan fingerprint density at radius 3 is 2.59 bits per heavy atom. The summed E-state index contributed by atoms with van der Waals surface area (Å²) in [6.45, 7) is 6.56. The van der Waals surface area contributed by atoms with Crippen LogP contribution in [0.3, 0.4) is 0 Å². The van der Waals surface area contributed by atoms with Crippen molar-refractivity contribution in [2.45, 2.75) is 64.7 Å². The fraction of sp³-hybridized carbons (Fsp3) is 0.533. The predicted molar refractivity (Wildman–Crippen MR) is 150 cm³/mol. The fourth-order valence-electron chi connectivity index (χ4n) is 4.66. The molecule has 0 unspecified atom stereocenters. The molecule has 1 saturated heterocycles. The van der Waals surface area contributed by atoms with E-state index in [0.29, 0.717) is 19.6 Å². The number of nitrogens with zero attached hydrogens (tertiary/aromatic N) is 2. The van der Waals surface area contributed by atoms with Crippen LogP contribution in [-0.4, -0.2) is 61.8 Å². The highest BCUT2D eigenvalue weighted by atomic mass is 16.5. The summed E-state index contributed by atoms with van der Waals surface area (Å²) in [5.74, 6) is -0.0611. The number of rotatable bonds is 15. The summed E-state index contributed by atoms with van der Waals surface area (Å²) < 4.78 is 6.26. The van der Waals surface area contributed by atoms with E-state index in [0.717, 1.165) is 60.6 Å². The summed E-state index contributed by atoms with van der Waals surface area (Å²) >= 11 is 0. The zero-order valence-corrected chi connectivity index (χ0v) is 22.5. The largest absolute Gasteiger partial charge is 0.492 e. The van der Waals surface area contributed by atoms with Crippen molar-refractivity contribution in [1.29, 1.82) is 0 Å². The van der Waals surface area contributed by atoms with Crippen LogP contribution in [0.4, 0.5) is 10.5 Å². The van der Waals surface area contributed by atoms with Gasteiger partial charge in [0.25, 0.3) is 0 Å². The number of hydrogen-bond acceptors (Lipinski definition) is 4. The third-order valence-electron chi connectivity index (χ3n) is 6.94. The molecule has 0 radical (unpaired) electrons. The Labute approximate surface area is 221 Å². The van der Waals surface area contributed by atoms with Gasteiger partial charge in [0, 0.05) is 37.8 Å². The van der Waals surface area contributed by atoms with Gasteiger partial charge in [-0.25, -0.2) is 4.79 Å². The van der Waals surface area contributed by atoms with Gasteiger partial charge in [-0.05, 0) is 68.1 Å². The number of carbonyl (C=O) groups is 2. The standard InChI is InChI=1S/C30H43N3O4/c1-3-4-5-6-7-17-31-30(36)32(2)26-12-10-11-25(23-26)27-15-13-24(14-16-29(34)35)22-28(27)37-21-20-33-18-8-9-19-33/h10-13,15,22-23H,3-9,14,16-21H2,1-2H3,(H,31,36)(H,34,35). The number of carboxylic acids is 1. The van der Waals surface area contributed by atoms with Crippen LogP contribution in [-0.2, 0) is 11.2 Å². The predicted octanol–water partition coefficient (Wildman–Crippen LogP) is 5.96. The number of anilines is 1. The number of unbranched alkanes of at least 4 members (excludes halogenated alkanes) is 4. The number of benzene rings is 2. The van der Waals surface area contributed by atoms with E-state index in [4.69, 9.17) is 9.84 Å². The van der Waals surface area contributed by atoms with Crippen molar-refractivity contribution in [3.63, 3.8) is 0 Å². The Morgan fingerprint density at radius 2 is 1.84 bits per heavy atom. The zero-order valence-electron chi connectivity index (χ0n) is 22.5. The number of urea groups is 1. The minimum Gasteiger partial charge on any atom is -0.492 e. The van der Waals surface area contributed by atoms with Gasteiger partial charge in [0.05, 0.1) is 0 Å². The number of carboxylic acid groups (broad SMARTS) is 1. The molecule has 2 aromatic rings. The number of hydrogen-bond donors (Lipinski definition) is 2. The highest BCUT2D eigenvalue weighted by Gasteiger charge is 2.15. The van der Waals surface area contributed by atoms with Crippen LogP contribution in [0, 0.1) is 0 Å². The number of nitrogens with one attached hydrogen (secondary N) is 1. The molecule has 0 atom stereocenters. The second kappa shape index (κ2) is 15.3. The zero-order chi connectivity index (χ0) is 26.5. The molecule has 1 heterocycles. The van der Waals surface area contributed by atoms with Crippen molar-refractivity contribution >= 4 is 17.7 Å². The van der Waals surface area contributed by atoms with Gasteiger partial charge in [-0.2, -0.15) is 0 Å². The van der Waals surface area contributed by atoms with E-state index in [1.807, 2.05) is 42.5 Å². The van der Waals surface area contributed by atoms with Gasteiger partial charge in [0.2, 0.25) is 0 Å². The molecule has 7 nitrogen and oxygen atoms in total. The van der Waals surface area contributed by atoms with Gasteiger partial charge in [0.1, 0.15) is 12.4 Å². The highest BCUT2D eigenvalue weighted by molar-refractivity contribution is 5.92. The second-order valence-corrected chi connectivity index (χ2v) is 9.88. The van der Waals surface area contributed by atoms with Crippen LogP contribution in [0.25, 0.3) is 11.1 Å². The molecule has 202 valence electrons. The lowest BCUT2D eigenvalue weighted by Gasteiger charge is -2.20. The van der Waals surface area contributed by atoms with Crippen LogP contribution in [0.5, 0.6) is 5.75 Å². The highest BCUT2D eigenvalue weighted by Crippen LogP contribution is 2.33. The molecule has 0 spiro atoms. The van der Waals surface area contributed by atoms with E-state index in [-0.39, 0.29) is 12.5 Å². The van der Waals surface area contributed by atoms with Crippen LogP contribution < -0.4 is 15.0 Å². The Morgan fingerprint density at radius 1 is 1.05 bits per heavy atom. The molecule has 1 fully saturated rings. The molecule has 2 aromatic carbocycles. The molecular formula is C30H43N3O4. The van der Waals surface area contributed by atoms with Crippen molar-refractivity contribution < 1.29 is 19.4 Å². The fourth-order valence-corrected chi connectivity index (χ4v) is 4.66. The summed E-state index contributed by atoms with van der Waals surface area (Å²) in [5, 5.41) is 12.1. The third-order valence-corrected chi connectivity index (χ3v) is 6.94. The van der Waals surface area contributed by atoms with Gasteiger partial charge < -0.3 is 15.2 Å². The van der Waals surface area contributed by atoms with Crippen molar-refractivity contribution in [1.82, 2.24) is 10.2 Å². The summed E-state index contributed by atoms with van der Waals surface area (Å²) in [7, 11) is 1.79. The number of ether oxygens (including phenoxy) is 1. The lowest BCUT2D eigenvalue weighted by atomic mass is 10.00. The Hall–Kier alpha value is -3.06. The molecular weight excluding hydrogens is 466 g/mol. The summed E-state index contributed by atoms with van der Waals surface area (Å²) in [4.78, 5) is 27.8. The molecule has 7 heteroatoms. The molecule has 37 heavy (non-hydrogen) atoms.